The summed E-state index contributed by atoms with van der Waals surface area (Å²) >= 11 is 6.47. The lowest BCUT2D eigenvalue weighted by Crippen LogP contribution is -2.55. The van der Waals surface area contributed by atoms with Gasteiger partial charge in [-0.1, -0.05) is 42.3 Å². The third-order valence-electron chi connectivity index (χ3n) is 8.32. The molecular formula is C28H35ClO6. The Morgan fingerprint density at radius 2 is 1.63 bits per heavy atom. The summed E-state index contributed by atoms with van der Waals surface area (Å²) in [5, 5.41) is 40.7. The van der Waals surface area contributed by atoms with E-state index in [1.807, 2.05) is 30.3 Å². The quantitative estimate of drug-likeness (QED) is 0.477. The average Bonchev–Trinajstić information content (AvgIpc) is 2.85. The maximum absolute atomic E-state index is 10.5. The fourth-order valence-electron chi connectivity index (χ4n) is 5.88. The molecule has 2 aliphatic carbocycles. The lowest BCUT2D eigenvalue weighted by Gasteiger charge is -2.46. The minimum Gasteiger partial charge on any atom is -0.490 e. The molecule has 3 aliphatic rings. The van der Waals surface area contributed by atoms with Gasteiger partial charge in [-0.05, 0) is 85.3 Å². The van der Waals surface area contributed by atoms with Crippen LogP contribution in [0.15, 0.2) is 42.5 Å². The summed E-state index contributed by atoms with van der Waals surface area (Å²) in [6, 6.07) is 13.4. The van der Waals surface area contributed by atoms with E-state index in [0.29, 0.717) is 28.5 Å². The van der Waals surface area contributed by atoms with E-state index in [1.165, 1.54) is 32.1 Å². The van der Waals surface area contributed by atoms with Crippen LogP contribution in [0.25, 0.3) is 0 Å². The predicted octanol–water partition coefficient (Wildman–Crippen LogP) is 3.94. The first kappa shape index (κ1) is 25.0. The van der Waals surface area contributed by atoms with Crippen molar-refractivity contribution in [3.05, 3.63) is 64.2 Å². The molecule has 1 spiro atoms. The molecule has 0 amide bonds. The maximum Gasteiger partial charge on any atom is 0.119 e. The van der Waals surface area contributed by atoms with Gasteiger partial charge in [0.05, 0.1) is 12.7 Å². The first-order valence-corrected chi connectivity index (χ1v) is 13.1. The number of hydrogen-bond donors (Lipinski definition) is 4. The highest BCUT2D eigenvalue weighted by atomic mass is 35.5. The molecule has 0 radical (unpaired) electrons. The van der Waals surface area contributed by atoms with Crippen LogP contribution in [0.4, 0.5) is 0 Å². The Morgan fingerprint density at radius 1 is 0.914 bits per heavy atom. The highest BCUT2D eigenvalue weighted by Crippen LogP contribution is 2.51. The highest BCUT2D eigenvalue weighted by molar-refractivity contribution is 6.31. The first-order chi connectivity index (χ1) is 16.9. The largest absolute Gasteiger partial charge is 0.490 e. The Bertz CT molecular complexity index is 995. The van der Waals surface area contributed by atoms with Crippen LogP contribution >= 0.6 is 11.6 Å². The number of halogens is 1. The van der Waals surface area contributed by atoms with Crippen molar-refractivity contribution >= 4 is 11.6 Å². The number of aliphatic hydroxyl groups is 4. The second-order valence-electron chi connectivity index (χ2n) is 10.6. The second kappa shape index (κ2) is 10.4. The van der Waals surface area contributed by atoms with Crippen molar-refractivity contribution in [2.45, 2.75) is 88.0 Å². The third-order valence-corrected chi connectivity index (χ3v) is 8.69. The molecule has 5 atom stereocenters. The van der Waals surface area contributed by atoms with E-state index in [4.69, 9.17) is 21.1 Å². The Kier molecular flexibility index (Phi) is 7.40. The van der Waals surface area contributed by atoms with Gasteiger partial charge in [0.15, 0.2) is 0 Å². The summed E-state index contributed by atoms with van der Waals surface area (Å²) in [4.78, 5) is 0. The Hall–Kier alpha value is -1.67. The van der Waals surface area contributed by atoms with Crippen molar-refractivity contribution < 1.29 is 29.9 Å². The van der Waals surface area contributed by atoms with Gasteiger partial charge in [0, 0.05) is 5.02 Å². The van der Waals surface area contributed by atoms with Crippen molar-refractivity contribution in [3.8, 4) is 5.75 Å². The normalized spacial score (nSPS) is 30.7. The lowest BCUT2D eigenvalue weighted by molar-refractivity contribution is -0.231. The van der Waals surface area contributed by atoms with E-state index in [9.17, 15) is 20.4 Å². The molecule has 190 valence electrons. The molecule has 7 heteroatoms. The number of benzene rings is 2. The van der Waals surface area contributed by atoms with Gasteiger partial charge < -0.3 is 29.9 Å². The molecule has 1 saturated heterocycles. The van der Waals surface area contributed by atoms with Gasteiger partial charge in [-0.2, -0.15) is 0 Å². The molecule has 1 aliphatic heterocycles. The van der Waals surface area contributed by atoms with E-state index in [0.717, 1.165) is 29.7 Å². The predicted molar refractivity (Wildman–Crippen MR) is 133 cm³/mol. The molecule has 2 aromatic carbocycles. The van der Waals surface area contributed by atoms with Crippen molar-refractivity contribution in [2.75, 3.05) is 6.61 Å². The standard InChI is InChI=1S/C28H35ClO6/c29-22-7-4-18(27-26(33)25(32)24(31)23(16-30)35-27)15-19(22)14-17-2-5-20(6-3-17)34-21-8-12-28(13-9-21)10-1-11-28/h2-7,15,21,23-27,30-33H,1,8-14,16H2/t23-,24-,25+,26-,27+/m1/s1. The van der Waals surface area contributed by atoms with Crippen LogP contribution in [0.5, 0.6) is 5.75 Å². The summed E-state index contributed by atoms with van der Waals surface area (Å²) in [5.74, 6) is 0.893. The van der Waals surface area contributed by atoms with Crippen LogP contribution in [0.1, 0.15) is 67.7 Å². The van der Waals surface area contributed by atoms with Crippen LogP contribution in [0, 0.1) is 5.41 Å². The molecule has 2 saturated carbocycles. The SMILES string of the molecule is OC[C@H]1O[C@@H](c2ccc(Cl)c(Cc3ccc(OC4CCC5(CCC5)CC4)cc3)c2)[C@H](O)[C@@H](O)[C@@H]1O. The molecule has 0 unspecified atom stereocenters. The molecule has 0 aromatic heterocycles. The molecule has 5 rings (SSSR count). The van der Waals surface area contributed by atoms with Crippen LogP contribution in [-0.2, 0) is 11.2 Å². The second-order valence-corrected chi connectivity index (χ2v) is 11.0. The van der Waals surface area contributed by atoms with Gasteiger partial charge >= 0.3 is 0 Å². The fourth-order valence-corrected chi connectivity index (χ4v) is 6.07. The molecular weight excluding hydrogens is 468 g/mol. The Balaban J connectivity index is 1.23. The van der Waals surface area contributed by atoms with Gasteiger partial charge in [-0.25, -0.2) is 0 Å². The monoisotopic (exact) mass is 502 g/mol. The summed E-state index contributed by atoms with van der Waals surface area (Å²) in [5.41, 5.74) is 3.19. The van der Waals surface area contributed by atoms with Gasteiger partial charge in [0.2, 0.25) is 0 Å². The van der Waals surface area contributed by atoms with Crippen molar-refractivity contribution in [3.63, 3.8) is 0 Å². The van der Waals surface area contributed by atoms with E-state index >= 15 is 0 Å². The van der Waals surface area contributed by atoms with E-state index in [1.54, 1.807) is 12.1 Å². The van der Waals surface area contributed by atoms with Gasteiger partial charge in [-0.15, -0.1) is 0 Å². The zero-order chi connectivity index (χ0) is 24.6. The van der Waals surface area contributed by atoms with Gasteiger partial charge in [0.25, 0.3) is 0 Å². The van der Waals surface area contributed by atoms with Gasteiger partial charge in [0.1, 0.15) is 36.3 Å². The minimum absolute atomic E-state index is 0.303. The summed E-state index contributed by atoms with van der Waals surface area (Å²) in [7, 11) is 0. The Morgan fingerprint density at radius 3 is 2.26 bits per heavy atom. The summed E-state index contributed by atoms with van der Waals surface area (Å²) < 4.78 is 12.0. The van der Waals surface area contributed by atoms with E-state index in [2.05, 4.69) is 0 Å². The van der Waals surface area contributed by atoms with Crippen LogP contribution in [0.3, 0.4) is 0 Å². The number of ether oxygens (including phenoxy) is 2. The first-order valence-electron chi connectivity index (χ1n) is 12.7. The van der Waals surface area contributed by atoms with E-state index in [-0.39, 0.29) is 0 Å². The smallest absolute Gasteiger partial charge is 0.119 e. The molecule has 1 heterocycles. The molecule has 6 nitrogen and oxygen atoms in total. The molecule has 35 heavy (non-hydrogen) atoms. The van der Waals surface area contributed by atoms with Crippen LogP contribution in [-0.4, -0.2) is 57.6 Å². The average molecular weight is 503 g/mol. The minimum atomic E-state index is -1.42. The molecule has 3 fully saturated rings. The number of hydrogen-bond acceptors (Lipinski definition) is 6. The highest BCUT2D eigenvalue weighted by Gasteiger charge is 2.44. The number of aliphatic hydroxyl groups excluding tert-OH is 4. The van der Waals surface area contributed by atoms with Gasteiger partial charge in [-0.3, -0.25) is 0 Å². The summed E-state index contributed by atoms with van der Waals surface area (Å²) in [6.45, 7) is -0.460. The third kappa shape index (κ3) is 5.24. The van der Waals surface area contributed by atoms with Crippen LogP contribution in [0.2, 0.25) is 5.02 Å². The Labute approximate surface area is 211 Å². The molecule has 0 bridgehead atoms. The lowest BCUT2D eigenvalue weighted by atomic mass is 9.60. The maximum atomic E-state index is 10.5. The number of rotatable bonds is 6. The topological polar surface area (TPSA) is 99.4 Å². The van der Waals surface area contributed by atoms with Crippen molar-refractivity contribution in [1.82, 2.24) is 0 Å². The van der Waals surface area contributed by atoms with Crippen molar-refractivity contribution in [2.24, 2.45) is 5.41 Å². The molecule has 4 N–H and O–H groups in total. The molecule has 2 aromatic rings. The van der Waals surface area contributed by atoms with E-state index < -0.39 is 37.1 Å². The van der Waals surface area contributed by atoms with Crippen LogP contribution < -0.4 is 4.74 Å². The fraction of sp³-hybridized carbons (Fsp3) is 0.571. The zero-order valence-corrected chi connectivity index (χ0v) is 20.6. The zero-order valence-electron chi connectivity index (χ0n) is 19.9. The van der Waals surface area contributed by atoms with Crippen molar-refractivity contribution in [1.29, 1.82) is 0 Å². The summed E-state index contributed by atoms with van der Waals surface area (Å²) in [6.07, 6.45) is 3.98.